The fourth-order valence-corrected chi connectivity index (χ4v) is 4.59. The summed E-state index contributed by atoms with van der Waals surface area (Å²) < 4.78 is 12.8. The van der Waals surface area contributed by atoms with E-state index < -0.39 is 5.97 Å². The molecule has 200 valence electrons. The van der Waals surface area contributed by atoms with Gasteiger partial charge in [0.2, 0.25) is 5.88 Å². The van der Waals surface area contributed by atoms with Gasteiger partial charge in [0.15, 0.2) is 0 Å². The summed E-state index contributed by atoms with van der Waals surface area (Å²) in [5.74, 6) is 0.217. The molecule has 40 heavy (non-hydrogen) atoms. The van der Waals surface area contributed by atoms with Crippen LogP contribution < -0.4 is 14.8 Å². The number of rotatable bonds is 7. The van der Waals surface area contributed by atoms with E-state index in [0.29, 0.717) is 39.2 Å². The number of aryl methyl sites for hydroxylation is 1. The van der Waals surface area contributed by atoms with Gasteiger partial charge in [0, 0.05) is 18.2 Å². The Kier molecular flexibility index (Phi) is 7.66. The summed E-state index contributed by atoms with van der Waals surface area (Å²) in [6.07, 6.45) is 0. The maximum atomic E-state index is 12.8. The molecular weight excluding hydrogens is 526 g/mol. The van der Waals surface area contributed by atoms with E-state index in [9.17, 15) is 9.59 Å². The van der Waals surface area contributed by atoms with Gasteiger partial charge in [-0.3, -0.25) is 9.59 Å². The van der Waals surface area contributed by atoms with Gasteiger partial charge in [-0.1, -0.05) is 54.1 Å². The van der Waals surface area contributed by atoms with Gasteiger partial charge in [-0.05, 0) is 72.6 Å². The number of anilines is 1. The van der Waals surface area contributed by atoms with Crippen LogP contribution in [0.15, 0.2) is 97.1 Å². The Labute approximate surface area is 236 Å². The maximum absolute atomic E-state index is 12.8. The normalized spacial score (nSPS) is 10.7. The van der Waals surface area contributed by atoms with Crippen molar-refractivity contribution in [3.8, 4) is 39.7 Å². The van der Waals surface area contributed by atoms with Crippen molar-refractivity contribution in [1.29, 1.82) is 0 Å². The van der Waals surface area contributed by atoms with E-state index in [4.69, 9.17) is 26.2 Å². The molecule has 0 aliphatic carbocycles. The summed E-state index contributed by atoms with van der Waals surface area (Å²) >= 11 is 6.19. The first kappa shape index (κ1) is 26.7. The third kappa shape index (κ3) is 5.46. The fraction of sp³-hybridized carbons (Fsp3) is 0.0938. The standard InChI is InChI=1S/C32H26ClN3O4/c1-20-8-4-7-11-28(20)36-32(40-21(2)37)29(30(35-36)23-14-18-25(39-3)19-15-23)22-12-16-24(17-13-22)34-31(38)26-9-5-6-10-27(26)33/h4-19H,1-3H3,(H,34,38). The van der Waals surface area contributed by atoms with Crippen molar-refractivity contribution in [2.75, 3.05) is 12.4 Å². The Bertz CT molecular complexity index is 1690. The Morgan fingerprint density at radius 2 is 1.50 bits per heavy atom. The van der Waals surface area contributed by atoms with Gasteiger partial charge in [-0.15, -0.1) is 0 Å². The molecule has 0 atom stereocenters. The molecule has 0 radical (unpaired) electrons. The molecule has 0 fully saturated rings. The van der Waals surface area contributed by atoms with Gasteiger partial charge in [-0.25, -0.2) is 0 Å². The molecular formula is C32H26ClN3O4. The van der Waals surface area contributed by atoms with E-state index in [1.807, 2.05) is 67.6 Å². The van der Waals surface area contributed by atoms with Crippen LogP contribution in [0.2, 0.25) is 5.02 Å². The highest BCUT2D eigenvalue weighted by molar-refractivity contribution is 6.34. The minimum Gasteiger partial charge on any atom is -0.497 e. The Morgan fingerprint density at radius 1 is 0.850 bits per heavy atom. The number of aromatic nitrogens is 2. The van der Waals surface area contributed by atoms with Gasteiger partial charge >= 0.3 is 5.97 Å². The monoisotopic (exact) mass is 551 g/mol. The first-order chi connectivity index (χ1) is 19.4. The van der Waals surface area contributed by atoms with E-state index in [1.165, 1.54) is 6.92 Å². The van der Waals surface area contributed by atoms with Gasteiger partial charge in [-0.2, -0.15) is 9.78 Å². The number of halogens is 1. The number of carbonyl (C=O) groups is 2. The lowest BCUT2D eigenvalue weighted by Crippen LogP contribution is -2.12. The first-order valence-corrected chi connectivity index (χ1v) is 12.9. The van der Waals surface area contributed by atoms with Crippen LogP contribution in [0.4, 0.5) is 5.69 Å². The quantitative estimate of drug-likeness (QED) is 0.214. The number of amides is 1. The molecule has 0 bridgehead atoms. The zero-order valence-electron chi connectivity index (χ0n) is 22.1. The van der Waals surface area contributed by atoms with Crippen molar-refractivity contribution in [1.82, 2.24) is 9.78 Å². The highest BCUT2D eigenvalue weighted by Gasteiger charge is 2.25. The minimum atomic E-state index is -0.471. The number of ether oxygens (including phenoxy) is 2. The number of benzene rings is 4. The number of esters is 1. The SMILES string of the molecule is COc1ccc(-c2nn(-c3ccccc3C)c(OC(C)=O)c2-c2ccc(NC(=O)c3ccccc3Cl)cc2)cc1. The number of methoxy groups -OCH3 is 1. The van der Waals surface area contributed by atoms with Crippen molar-refractivity contribution in [2.24, 2.45) is 0 Å². The Hall–Kier alpha value is -4.88. The van der Waals surface area contributed by atoms with Gasteiger partial charge < -0.3 is 14.8 Å². The molecule has 1 amide bonds. The van der Waals surface area contributed by atoms with Gasteiger partial charge in [0.1, 0.15) is 11.4 Å². The average Bonchev–Trinajstić information content (AvgIpc) is 3.32. The Balaban J connectivity index is 1.62. The fourth-order valence-electron chi connectivity index (χ4n) is 4.37. The van der Waals surface area contributed by atoms with Crippen molar-refractivity contribution in [3.05, 3.63) is 113 Å². The van der Waals surface area contributed by atoms with Gasteiger partial charge in [0.25, 0.3) is 5.91 Å². The molecule has 0 unspecified atom stereocenters. The second kappa shape index (κ2) is 11.5. The topological polar surface area (TPSA) is 82.4 Å². The molecule has 0 aliphatic heterocycles. The van der Waals surface area contributed by atoms with Crippen molar-refractivity contribution >= 4 is 29.2 Å². The summed E-state index contributed by atoms with van der Waals surface area (Å²) in [7, 11) is 1.61. The molecule has 7 nitrogen and oxygen atoms in total. The third-order valence-corrected chi connectivity index (χ3v) is 6.67. The lowest BCUT2D eigenvalue weighted by Gasteiger charge is -2.12. The first-order valence-electron chi connectivity index (χ1n) is 12.5. The van der Waals surface area contributed by atoms with Crippen LogP contribution in [0.1, 0.15) is 22.8 Å². The zero-order chi connectivity index (χ0) is 28.2. The zero-order valence-corrected chi connectivity index (χ0v) is 22.9. The second-order valence-corrected chi connectivity index (χ2v) is 9.47. The summed E-state index contributed by atoms with van der Waals surface area (Å²) in [4.78, 5) is 25.1. The van der Waals surface area contributed by atoms with E-state index >= 15 is 0 Å². The van der Waals surface area contributed by atoms with Crippen LogP contribution in [-0.2, 0) is 4.79 Å². The van der Waals surface area contributed by atoms with Crippen LogP contribution in [0.3, 0.4) is 0 Å². The van der Waals surface area contributed by atoms with Crippen LogP contribution in [0.25, 0.3) is 28.1 Å². The molecule has 0 saturated heterocycles. The second-order valence-electron chi connectivity index (χ2n) is 9.06. The predicted octanol–water partition coefficient (Wildman–Crippen LogP) is 7.35. The number of para-hydroxylation sites is 1. The van der Waals surface area contributed by atoms with Crippen molar-refractivity contribution < 1.29 is 19.1 Å². The van der Waals surface area contributed by atoms with E-state index in [1.54, 1.807) is 48.2 Å². The number of hydrogen-bond acceptors (Lipinski definition) is 5. The number of nitrogens with zero attached hydrogens (tertiary/aromatic N) is 2. The van der Waals surface area contributed by atoms with Gasteiger partial charge in [0.05, 0.1) is 28.9 Å². The van der Waals surface area contributed by atoms with E-state index in [-0.39, 0.29) is 5.91 Å². The third-order valence-electron chi connectivity index (χ3n) is 6.34. The molecule has 5 rings (SSSR count). The largest absolute Gasteiger partial charge is 0.497 e. The average molecular weight is 552 g/mol. The molecule has 5 aromatic rings. The summed E-state index contributed by atoms with van der Waals surface area (Å²) in [6, 6.07) is 29.4. The van der Waals surface area contributed by atoms with Crippen molar-refractivity contribution in [2.45, 2.75) is 13.8 Å². The van der Waals surface area contributed by atoms with Crippen molar-refractivity contribution in [3.63, 3.8) is 0 Å². The van der Waals surface area contributed by atoms with Crippen LogP contribution >= 0.6 is 11.6 Å². The number of hydrogen-bond donors (Lipinski definition) is 1. The molecule has 0 spiro atoms. The van der Waals surface area contributed by atoms with Crippen LogP contribution in [0.5, 0.6) is 11.6 Å². The molecule has 1 heterocycles. The summed E-state index contributed by atoms with van der Waals surface area (Å²) in [6.45, 7) is 3.33. The molecule has 4 aromatic carbocycles. The molecule has 0 saturated carbocycles. The minimum absolute atomic E-state index is 0.292. The molecule has 1 aromatic heterocycles. The number of nitrogens with one attached hydrogen (secondary N) is 1. The highest BCUT2D eigenvalue weighted by atomic mass is 35.5. The lowest BCUT2D eigenvalue weighted by molar-refractivity contribution is -0.132. The molecule has 0 aliphatic rings. The molecule has 8 heteroatoms. The maximum Gasteiger partial charge on any atom is 0.309 e. The summed E-state index contributed by atoms with van der Waals surface area (Å²) in [5, 5.41) is 8.18. The van der Waals surface area contributed by atoms with E-state index in [2.05, 4.69) is 5.32 Å². The van der Waals surface area contributed by atoms with Crippen LogP contribution in [-0.4, -0.2) is 28.8 Å². The lowest BCUT2D eigenvalue weighted by atomic mass is 10.0. The highest BCUT2D eigenvalue weighted by Crippen LogP contribution is 2.42. The van der Waals surface area contributed by atoms with E-state index in [0.717, 1.165) is 22.4 Å². The smallest absolute Gasteiger partial charge is 0.309 e. The summed E-state index contributed by atoms with van der Waals surface area (Å²) in [5.41, 5.74) is 5.52. The molecule has 1 N–H and O–H groups in total. The number of carbonyl (C=O) groups excluding carboxylic acids is 2. The van der Waals surface area contributed by atoms with Crippen LogP contribution in [0, 0.1) is 6.92 Å². The predicted molar refractivity (Wildman–Crippen MR) is 156 cm³/mol. The Morgan fingerprint density at radius 3 is 2.15 bits per heavy atom.